The van der Waals surface area contributed by atoms with E-state index in [1.807, 2.05) is 0 Å². The van der Waals surface area contributed by atoms with E-state index in [2.05, 4.69) is 20.8 Å². The number of carbonyl (C=O) groups excluding carboxylic acids is 1. The molecule has 0 bridgehead atoms. The second-order valence-electron chi connectivity index (χ2n) is 6.05. The molecule has 2 N–H and O–H groups in total. The predicted molar refractivity (Wildman–Crippen MR) is 60.3 cm³/mol. The molecule has 2 unspecified atom stereocenters. The molecule has 1 saturated carbocycles. The first-order valence-corrected chi connectivity index (χ1v) is 5.64. The molecule has 1 aliphatic rings. The van der Waals surface area contributed by atoms with Crippen LogP contribution in [0.5, 0.6) is 0 Å². The summed E-state index contributed by atoms with van der Waals surface area (Å²) in [6.45, 7) is 9.80. The van der Waals surface area contributed by atoms with Crippen molar-refractivity contribution < 1.29 is 9.53 Å². The lowest BCUT2D eigenvalue weighted by molar-refractivity contribution is -0.161. The van der Waals surface area contributed by atoms with Gasteiger partial charge in [0, 0.05) is 5.41 Å². The molecular formula is C12H23NO2. The molecule has 1 aliphatic carbocycles. The second-order valence-corrected chi connectivity index (χ2v) is 6.05. The average Bonchev–Trinajstić information content (AvgIpc) is 2.29. The number of nitrogens with two attached hydrogens (primary N) is 1. The molecule has 2 atom stereocenters. The van der Waals surface area contributed by atoms with E-state index in [9.17, 15) is 4.79 Å². The predicted octanol–water partition coefficient (Wildman–Crippen LogP) is 2.09. The SMILES string of the molecule is CC1CCC(C)(C)C1OC(=O)C(C)(C)N. The van der Waals surface area contributed by atoms with Gasteiger partial charge in [0.1, 0.15) is 11.6 Å². The van der Waals surface area contributed by atoms with Crippen LogP contribution in [0.1, 0.15) is 47.5 Å². The molecule has 0 aromatic rings. The van der Waals surface area contributed by atoms with Crippen molar-refractivity contribution in [3.05, 3.63) is 0 Å². The van der Waals surface area contributed by atoms with E-state index in [0.717, 1.165) is 12.8 Å². The van der Waals surface area contributed by atoms with E-state index in [-0.39, 0.29) is 17.5 Å². The molecule has 0 amide bonds. The lowest BCUT2D eigenvalue weighted by Gasteiger charge is -2.31. The van der Waals surface area contributed by atoms with Gasteiger partial charge in [0.25, 0.3) is 0 Å². The molecule has 0 saturated heterocycles. The Balaban J connectivity index is 2.69. The molecule has 1 rings (SSSR count). The Kier molecular flexibility index (Phi) is 3.15. The Morgan fingerprint density at radius 1 is 1.47 bits per heavy atom. The third-order valence-electron chi connectivity index (χ3n) is 3.29. The molecule has 0 heterocycles. The highest BCUT2D eigenvalue weighted by Gasteiger charge is 2.43. The number of ether oxygens (including phenoxy) is 1. The van der Waals surface area contributed by atoms with Gasteiger partial charge in [0.2, 0.25) is 0 Å². The van der Waals surface area contributed by atoms with Crippen LogP contribution in [0.4, 0.5) is 0 Å². The smallest absolute Gasteiger partial charge is 0.325 e. The van der Waals surface area contributed by atoms with Crippen LogP contribution in [0.3, 0.4) is 0 Å². The maximum absolute atomic E-state index is 11.7. The van der Waals surface area contributed by atoms with Crippen LogP contribution in [-0.4, -0.2) is 17.6 Å². The lowest BCUT2D eigenvalue weighted by atomic mass is 9.87. The van der Waals surface area contributed by atoms with Crippen molar-refractivity contribution in [2.75, 3.05) is 0 Å². The molecule has 0 spiro atoms. The van der Waals surface area contributed by atoms with Crippen LogP contribution in [0, 0.1) is 11.3 Å². The third-order valence-corrected chi connectivity index (χ3v) is 3.29. The first-order valence-electron chi connectivity index (χ1n) is 5.64. The van der Waals surface area contributed by atoms with Crippen molar-refractivity contribution >= 4 is 5.97 Å². The summed E-state index contributed by atoms with van der Waals surface area (Å²) in [6, 6.07) is 0. The van der Waals surface area contributed by atoms with Gasteiger partial charge in [-0.2, -0.15) is 0 Å². The molecule has 0 radical (unpaired) electrons. The molecule has 0 aromatic heterocycles. The van der Waals surface area contributed by atoms with Gasteiger partial charge in [-0.15, -0.1) is 0 Å². The van der Waals surface area contributed by atoms with Crippen LogP contribution >= 0.6 is 0 Å². The highest BCUT2D eigenvalue weighted by molar-refractivity contribution is 5.79. The molecule has 3 heteroatoms. The van der Waals surface area contributed by atoms with Gasteiger partial charge in [-0.25, -0.2) is 0 Å². The van der Waals surface area contributed by atoms with Crippen LogP contribution in [0.2, 0.25) is 0 Å². The van der Waals surface area contributed by atoms with E-state index in [0.29, 0.717) is 5.92 Å². The van der Waals surface area contributed by atoms with Gasteiger partial charge < -0.3 is 10.5 Å². The molecule has 0 aromatic carbocycles. The second kappa shape index (κ2) is 3.78. The van der Waals surface area contributed by atoms with Gasteiger partial charge in [-0.1, -0.05) is 20.8 Å². The summed E-state index contributed by atoms with van der Waals surface area (Å²) in [7, 11) is 0. The van der Waals surface area contributed by atoms with Crippen molar-refractivity contribution in [3.8, 4) is 0 Å². The maximum atomic E-state index is 11.7. The molecule has 15 heavy (non-hydrogen) atoms. The molecule has 0 aliphatic heterocycles. The average molecular weight is 213 g/mol. The monoisotopic (exact) mass is 213 g/mol. The Labute approximate surface area is 92.4 Å². The van der Waals surface area contributed by atoms with Gasteiger partial charge in [0.15, 0.2) is 0 Å². The molecule has 1 fully saturated rings. The fraction of sp³-hybridized carbons (Fsp3) is 0.917. The Morgan fingerprint density at radius 2 is 2.00 bits per heavy atom. The first kappa shape index (κ1) is 12.5. The zero-order valence-corrected chi connectivity index (χ0v) is 10.5. The number of esters is 1. The summed E-state index contributed by atoms with van der Waals surface area (Å²) >= 11 is 0. The number of rotatable bonds is 2. The highest BCUT2D eigenvalue weighted by atomic mass is 16.5. The molecular weight excluding hydrogens is 190 g/mol. The number of hydrogen-bond donors (Lipinski definition) is 1. The maximum Gasteiger partial charge on any atom is 0.325 e. The van der Waals surface area contributed by atoms with E-state index in [4.69, 9.17) is 10.5 Å². The Morgan fingerprint density at radius 3 is 2.33 bits per heavy atom. The minimum absolute atomic E-state index is 0.00725. The summed E-state index contributed by atoms with van der Waals surface area (Å²) < 4.78 is 5.54. The van der Waals surface area contributed by atoms with Gasteiger partial charge >= 0.3 is 5.97 Å². The Hall–Kier alpha value is -0.570. The fourth-order valence-electron chi connectivity index (χ4n) is 2.21. The van der Waals surface area contributed by atoms with Crippen LogP contribution in [0.25, 0.3) is 0 Å². The summed E-state index contributed by atoms with van der Waals surface area (Å²) in [5, 5.41) is 0. The van der Waals surface area contributed by atoms with E-state index in [1.54, 1.807) is 13.8 Å². The van der Waals surface area contributed by atoms with E-state index >= 15 is 0 Å². The zero-order chi connectivity index (χ0) is 11.9. The minimum Gasteiger partial charge on any atom is -0.460 e. The highest BCUT2D eigenvalue weighted by Crippen LogP contribution is 2.43. The fourth-order valence-corrected chi connectivity index (χ4v) is 2.21. The van der Waals surface area contributed by atoms with Crippen molar-refractivity contribution in [1.82, 2.24) is 0 Å². The minimum atomic E-state index is -0.890. The molecule has 88 valence electrons. The van der Waals surface area contributed by atoms with Crippen LogP contribution in [0.15, 0.2) is 0 Å². The van der Waals surface area contributed by atoms with Crippen molar-refractivity contribution in [3.63, 3.8) is 0 Å². The third kappa shape index (κ3) is 2.71. The quantitative estimate of drug-likeness (QED) is 0.715. The summed E-state index contributed by atoms with van der Waals surface area (Å²) in [5.41, 5.74) is 4.91. The number of hydrogen-bond acceptors (Lipinski definition) is 3. The van der Waals surface area contributed by atoms with Gasteiger partial charge in [0.05, 0.1) is 0 Å². The van der Waals surface area contributed by atoms with Crippen LogP contribution < -0.4 is 5.73 Å². The topological polar surface area (TPSA) is 52.3 Å². The van der Waals surface area contributed by atoms with Crippen molar-refractivity contribution in [1.29, 1.82) is 0 Å². The van der Waals surface area contributed by atoms with E-state index < -0.39 is 5.54 Å². The van der Waals surface area contributed by atoms with Crippen molar-refractivity contribution in [2.45, 2.75) is 59.1 Å². The normalized spacial score (nSPS) is 30.3. The summed E-state index contributed by atoms with van der Waals surface area (Å²) in [6.07, 6.45) is 2.24. The van der Waals surface area contributed by atoms with Gasteiger partial charge in [-0.3, -0.25) is 4.79 Å². The largest absolute Gasteiger partial charge is 0.460 e. The first-order chi connectivity index (χ1) is 6.64. The zero-order valence-electron chi connectivity index (χ0n) is 10.5. The Bertz CT molecular complexity index is 253. The summed E-state index contributed by atoms with van der Waals surface area (Å²) in [4.78, 5) is 11.7. The van der Waals surface area contributed by atoms with Crippen LogP contribution in [-0.2, 0) is 9.53 Å². The summed E-state index contributed by atoms with van der Waals surface area (Å²) in [5.74, 6) is 0.139. The molecule has 3 nitrogen and oxygen atoms in total. The number of carbonyl (C=O) groups is 1. The van der Waals surface area contributed by atoms with Gasteiger partial charge in [-0.05, 0) is 32.6 Å². The van der Waals surface area contributed by atoms with E-state index in [1.165, 1.54) is 0 Å². The standard InChI is InChI=1S/C12H23NO2/c1-8-6-7-11(2,3)9(8)15-10(14)12(4,5)13/h8-9H,6-7,13H2,1-5H3. The van der Waals surface area contributed by atoms with Crippen molar-refractivity contribution in [2.24, 2.45) is 17.1 Å². The lowest BCUT2D eigenvalue weighted by Crippen LogP contribution is -2.46.